The third kappa shape index (κ3) is 4.88. The molecular formula is C32H34N2Ni. The van der Waals surface area contributed by atoms with Crippen molar-refractivity contribution in [2.45, 2.75) is 41.5 Å². The van der Waals surface area contributed by atoms with E-state index in [0.29, 0.717) is 0 Å². The number of hydrogen-bond donors (Lipinski definition) is 0. The average Bonchev–Trinajstić information content (AvgIpc) is 3.02. The summed E-state index contributed by atoms with van der Waals surface area (Å²) in [5.41, 5.74) is 13.7. The van der Waals surface area contributed by atoms with Crippen LogP contribution in [0.3, 0.4) is 0 Å². The SMILES string of the molecule is Cc1cc(C)c(N=C2C(=Nc3c(C)cc(C)cc3C)c3cccc4cccc2c34)c(C)c1.[CH3-].[CH3-].[Ni+2]. The number of nitrogens with zero attached hydrogens (tertiary/aromatic N) is 2. The van der Waals surface area contributed by atoms with Gasteiger partial charge in [0.1, 0.15) is 0 Å². The zero-order valence-corrected chi connectivity index (χ0v) is 23.0. The van der Waals surface area contributed by atoms with Gasteiger partial charge < -0.3 is 14.9 Å². The van der Waals surface area contributed by atoms with Crippen molar-refractivity contribution < 1.29 is 16.5 Å². The Hall–Kier alpha value is -3.03. The largest absolute Gasteiger partial charge is 2.00 e. The van der Waals surface area contributed by atoms with Gasteiger partial charge in [0.05, 0.1) is 22.8 Å². The van der Waals surface area contributed by atoms with Crippen molar-refractivity contribution in [2.24, 2.45) is 9.98 Å². The average molecular weight is 505 g/mol. The maximum absolute atomic E-state index is 5.28. The predicted octanol–water partition coefficient (Wildman–Crippen LogP) is 8.84. The molecule has 1 aliphatic carbocycles. The molecule has 0 N–H and O–H groups in total. The maximum Gasteiger partial charge on any atom is 2.00 e. The van der Waals surface area contributed by atoms with E-state index in [9.17, 15) is 0 Å². The molecule has 0 atom stereocenters. The standard InChI is InChI=1S/C30H28N2.2CH3.Ni/c1-17-13-19(3)27(20(4)14-17)31-29-24-11-7-9-23-10-8-12-25(26(23)24)30(29)32-28-21(5)15-18(2)16-22(28)6;;;/h7-16H,1-6H3;2*1H3;/q;2*-1;+2. The molecule has 0 fully saturated rings. The third-order valence-corrected chi connectivity index (χ3v) is 6.36. The molecule has 0 heterocycles. The van der Waals surface area contributed by atoms with Crippen molar-refractivity contribution in [3.63, 3.8) is 0 Å². The van der Waals surface area contributed by atoms with E-state index in [2.05, 4.69) is 102 Å². The first kappa shape index (κ1) is 28.2. The Morgan fingerprint density at radius 3 is 1.20 bits per heavy atom. The number of hydrogen-bond acceptors (Lipinski definition) is 2. The van der Waals surface area contributed by atoms with Gasteiger partial charge in [0.2, 0.25) is 0 Å². The van der Waals surface area contributed by atoms with Crippen LogP contribution in [0.5, 0.6) is 0 Å². The van der Waals surface area contributed by atoms with Crippen LogP contribution in [0.25, 0.3) is 10.8 Å². The number of rotatable bonds is 2. The van der Waals surface area contributed by atoms with E-state index in [0.717, 1.165) is 22.8 Å². The van der Waals surface area contributed by atoms with Crippen molar-refractivity contribution in [2.75, 3.05) is 0 Å². The van der Waals surface area contributed by atoms with Crippen LogP contribution in [-0.2, 0) is 16.5 Å². The van der Waals surface area contributed by atoms with E-state index < -0.39 is 0 Å². The van der Waals surface area contributed by atoms with E-state index >= 15 is 0 Å². The molecule has 0 radical (unpaired) electrons. The van der Waals surface area contributed by atoms with E-state index in [1.807, 2.05) is 0 Å². The van der Waals surface area contributed by atoms with Crippen LogP contribution in [-0.4, -0.2) is 11.4 Å². The molecule has 0 aliphatic heterocycles. The van der Waals surface area contributed by atoms with Crippen molar-refractivity contribution in [3.8, 4) is 0 Å². The van der Waals surface area contributed by atoms with Gasteiger partial charge in [-0.1, -0.05) is 71.8 Å². The molecular weight excluding hydrogens is 471 g/mol. The van der Waals surface area contributed by atoms with Crippen molar-refractivity contribution in [3.05, 3.63) is 120 Å². The Labute approximate surface area is 221 Å². The molecule has 0 bridgehead atoms. The minimum absolute atomic E-state index is 0. The molecule has 35 heavy (non-hydrogen) atoms. The topological polar surface area (TPSA) is 24.7 Å². The van der Waals surface area contributed by atoms with Gasteiger partial charge in [0.25, 0.3) is 0 Å². The molecule has 0 aromatic heterocycles. The van der Waals surface area contributed by atoms with Crippen molar-refractivity contribution in [1.82, 2.24) is 0 Å². The van der Waals surface area contributed by atoms with Crippen LogP contribution in [0.2, 0.25) is 0 Å². The second-order valence-corrected chi connectivity index (χ2v) is 9.12. The van der Waals surface area contributed by atoms with Crippen LogP contribution in [0.4, 0.5) is 11.4 Å². The molecule has 0 amide bonds. The molecule has 1 aliphatic rings. The summed E-state index contributed by atoms with van der Waals surface area (Å²) in [6.07, 6.45) is 0. The zero-order chi connectivity index (χ0) is 22.6. The summed E-state index contributed by atoms with van der Waals surface area (Å²) in [5, 5.41) is 2.48. The van der Waals surface area contributed by atoms with Crippen LogP contribution in [0.15, 0.2) is 70.6 Å². The van der Waals surface area contributed by atoms with Gasteiger partial charge in [0.15, 0.2) is 0 Å². The van der Waals surface area contributed by atoms with Gasteiger partial charge in [-0.3, -0.25) is 0 Å². The molecule has 0 unspecified atom stereocenters. The Balaban J connectivity index is 0.00000144. The molecule has 3 heteroatoms. The van der Waals surface area contributed by atoms with Gasteiger partial charge >= 0.3 is 16.5 Å². The van der Waals surface area contributed by atoms with E-state index in [1.165, 1.54) is 55.3 Å². The Morgan fingerprint density at radius 2 is 0.857 bits per heavy atom. The molecule has 182 valence electrons. The Bertz CT molecular complexity index is 1320. The molecule has 4 aromatic carbocycles. The number of aliphatic imine (C=N–C) groups is 2. The molecule has 5 rings (SSSR count). The second kappa shape index (κ2) is 10.7. The monoisotopic (exact) mass is 504 g/mol. The fraction of sp³-hybridized carbons (Fsp3) is 0.188. The minimum Gasteiger partial charge on any atom is -0.358 e. The first-order valence-electron chi connectivity index (χ1n) is 11.2. The van der Waals surface area contributed by atoms with Crippen LogP contribution < -0.4 is 0 Å². The van der Waals surface area contributed by atoms with E-state index in [4.69, 9.17) is 9.98 Å². The summed E-state index contributed by atoms with van der Waals surface area (Å²) in [5.74, 6) is 0. The summed E-state index contributed by atoms with van der Waals surface area (Å²) in [4.78, 5) is 10.6. The quantitative estimate of drug-likeness (QED) is 0.192. The first-order valence-corrected chi connectivity index (χ1v) is 11.2. The fourth-order valence-electron chi connectivity index (χ4n) is 5.14. The summed E-state index contributed by atoms with van der Waals surface area (Å²) in [6.45, 7) is 12.9. The third-order valence-electron chi connectivity index (χ3n) is 6.36. The van der Waals surface area contributed by atoms with Crippen LogP contribution in [0.1, 0.15) is 44.5 Å². The maximum atomic E-state index is 5.28. The Kier molecular flexibility index (Phi) is 8.63. The number of aryl methyl sites for hydroxylation is 6. The van der Waals surface area contributed by atoms with Gasteiger partial charge in [0, 0.05) is 16.5 Å². The van der Waals surface area contributed by atoms with E-state index in [-0.39, 0.29) is 31.3 Å². The molecule has 0 spiro atoms. The minimum atomic E-state index is 0. The van der Waals surface area contributed by atoms with Crippen LogP contribution >= 0.6 is 0 Å². The molecule has 0 saturated heterocycles. The van der Waals surface area contributed by atoms with Gasteiger partial charge in [-0.25, -0.2) is 9.98 Å². The predicted molar refractivity (Wildman–Crippen MR) is 150 cm³/mol. The molecule has 0 saturated carbocycles. The summed E-state index contributed by atoms with van der Waals surface area (Å²) in [7, 11) is 0. The van der Waals surface area contributed by atoms with Crippen molar-refractivity contribution in [1.29, 1.82) is 0 Å². The zero-order valence-electron chi connectivity index (χ0n) is 22.0. The fourth-order valence-corrected chi connectivity index (χ4v) is 5.14. The summed E-state index contributed by atoms with van der Waals surface area (Å²) < 4.78 is 0. The van der Waals surface area contributed by atoms with Gasteiger partial charge in [-0.15, -0.1) is 0 Å². The first-order chi connectivity index (χ1) is 15.3. The molecule has 2 nitrogen and oxygen atoms in total. The normalized spacial score (nSPS) is 14.0. The smallest absolute Gasteiger partial charge is 0.358 e. The molecule has 4 aromatic rings. The Morgan fingerprint density at radius 1 is 0.514 bits per heavy atom. The van der Waals surface area contributed by atoms with Crippen LogP contribution in [0, 0.1) is 56.4 Å². The van der Waals surface area contributed by atoms with Gasteiger partial charge in [-0.05, 0) is 69.2 Å². The van der Waals surface area contributed by atoms with E-state index in [1.54, 1.807) is 0 Å². The number of benzene rings is 4. The second-order valence-electron chi connectivity index (χ2n) is 9.12. The van der Waals surface area contributed by atoms with Gasteiger partial charge in [-0.2, -0.15) is 0 Å². The summed E-state index contributed by atoms with van der Waals surface area (Å²) in [6, 6.07) is 21.8. The van der Waals surface area contributed by atoms with Crippen molar-refractivity contribution >= 4 is 33.6 Å². The summed E-state index contributed by atoms with van der Waals surface area (Å²) >= 11 is 0.